The lowest BCUT2D eigenvalue weighted by atomic mass is 10.00. The van der Waals surface area contributed by atoms with Crippen LogP contribution in [0.3, 0.4) is 0 Å². The maximum absolute atomic E-state index is 8.74. The van der Waals surface area contributed by atoms with Gasteiger partial charge in [0.05, 0.1) is 0 Å². The highest BCUT2D eigenvalue weighted by atomic mass is 16.3. The first-order chi connectivity index (χ1) is 3.84. The highest BCUT2D eigenvalue weighted by Gasteiger charge is 2.21. The molecule has 2 atom stereocenters. The summed E-state index contributed by atoms with van der Waals surface area (Å²) in [5, 5.41) is 8.74. The molecule has 1 fully saturated rings. The Balaban J connectivity index is 2.30. The molecule has 0 heterocycles. The summed E-state index contributed by atoms with van der Waals surface area (Å²) in [7, 11) is 0. The van der Waals surface area contributed by atoms with Crippen molar-refractivity contribution in [1.29, 1.82) is 0 Å². The summed E-state index contributed by atoms with van der Waals surface area (Å²) in [6.07, 6.45) is 3.90. The second kappa shape index (κ2) is 2.49. The van der Waals surface area contributed by atoms with Gasteiger partial charge in [-0.05, 0) is 18.3 Å². The van der Waals surface area contributed by atoms with Crippen molar-refractivity contribution in [3.8, 4) is 0 Å². The average Bonchev–Trinajstić information content (AvgIpc) is 2.14. The lowest BCUT2D eigenvalue weighted by molar-refractivity contribution is 0.201. The molecule has 1 unspecified atom stereocenters. The van der Waals surface area contributed by atoms with Crippen molar-refractivity contribution in [3.05, 3.63) is 0 Å². The molecule has 0 spiro atoms. The first-order valence-corrected chi connectivity index (χ1v) is 3.45. The van der Waals surface area contributed by atoms with Crippen LogP contribution in [0.1, 0.15) is 26.2 Å². The van der Waals surface area contributed by atoms with Crippen molar-refractivity contribution in [2.45, 2.75) is 26.2 Å². The lowest BCUT2D eigenvalue weighted by Gasteiger charge is -2.09. The van der Waals surface area contributed by atoms with Gasteiger partial charge in [-0.15, -0.1) is 0 Å². The van der Waals surface area contributed by atoms with E-state index in [0.29, 0.717) is 12.5 Å². The second-order valence-corrected chi connectivity index (χ2v) is 2.85. The molecule has 48 valence electrons. The van der Waals surface area contributed by atoms with Crippen molar-refractivity contribution in [2.24, 2.45) is 11.8 Å². The Hall–Kier alpha value is -0.0400. The summed E-state index contributed by atoms with van der Waals surface area (Å²) < 4.78 is 0. The first-order valence-electron chi connectivity index (χ1n) is 3.45. The molecule has 0 aromatic carbocycles. The van der Waals surface area contributed by atoms with Crippen LogP contribution in [0, 0.1) is 11.8 Å². The van der Waals surface area contributed by atoms with E-state index in [1.54, 1.807) is 0 Å². The molecule has 1 nitrogen and oxygen atoms in total. The number of aliphatic hydroxyl groups excluding tert-OH is 1. The lowest BCUT2D eigenvalue weighted by Crippen LogP contribution is -2.07. The standard InChI is InChI=1S/C7H14O/c1-6-3-2-4-7(6)5-8/h6-8H,2-5H2,1H3/t6?,7-/m0/s1. The van der Waals surface area contributed by atoms with Crippen LogP contribution in [-0.4, -0.2) is 11.7 Å². The van der Waals surface area contributed by atoms with E-state index in [9.17, 15) is 0 Å². The summed E-state index contributed by atoms with van der Waals surface area (Å²) in [5.41, 5.74) is 0. The van der Waals surface area contributed by atoms with E-state index in [1.165, 1.54) is 19.3 Å². The van der Waals surface area contributed by atoms with E-state index in [2.05, 4.69) is 6.92 Å². The predicted molar refractivity (Wildman–Crippen MR) is 33.6 cm³/mol. The van der Waals surface area contributed by atoms with E-state index < -0.39 is 0 Å². The minimum atomic E-state index is 0.404. The molecule has 0 aromatic heterocycles. The number of hydrogen-bond acceptors (Lipinski definition) is 1. The van der Waals surface area contributed by atoms with Crippen molar-refractivity contribution < 1.29 is 5.11 Å². The van der Waals surface area contributed by atoms with Gasteiger partial charge in [-0.1, -0.05) is 19.8 Å². The number of hydrogen-bond donors (Lipinski definition) is 1. The topological polar surface area (TPSA) is 20.2 Å². The van der Waals surface area contributed by atoms with Crippen LogP contribution < -0.4 is 0 Å². The molecule has 1 aliphatic rings. The highest BCUT2D eigenvalue weighted by Crippen LogP contribution is 2.30. The van der Waals surface area contributed by atoms with Gasteiger partial charge in [0.25, 0.3) is 0 Å². The molecule has 8 heavy (non-hydrogen) atoms. The van der Waals surface area contributed by atoms with Gasteiger partial charge in [-0.25, -0.2) is 0 Å². The molecule has 1 heteroatoms. The van der Waals surface area contributed by atoms with Gasteiger partial charge in [0.15, 0.2) is 0 Å². The molecule has 0 radical (unpaired) electrons. The van der Waals surface area contributed by atoms with E-state index in [1.807, 2.05) is 0 Å². The van der Waals surface area contributed by atoms with E-state index in [0.717, 1.165) is 5.92 Å². The number of rotatable bonds is 1. The molecule has 0 aliphatic heterocycles. The third-order valence-electron chi connectivity index (χ3n) is 2.27. The van der Waals surface area contributed by atoms with Crippen molar-refractivity contribution in [2.75, 3.05) is 6.61 Å². The van der Waals surface area contributed by atoms with Crippen molar-refractivity contribution >= 4 is 0 Å². The molecule has 0 amide bonds. The van der Waals surface area contributed by atoms with E-state index in [4.69, 9.17) is 5.11 Å². The van der Waals surface area contributed by atoms with Gasteiger partial charge in [0.1, 0.15) is 0 Å². The number of aliphatic hydroxyl groups is 1. The van der Waals surface area contributed by atoms with Gasteiger partial charge in [-0.3, -0.25) is 0 Å². The highest BCUT2D eigenvalue weighted by molar-refractivity contribution is 4.72. The molecule has 1 saturated carbocycles. The third-order valence-corrected chi connectivity index (χ3v) is 2.27. The molecular formula is C7H14O. The fourth-order valence-electron chi connectivity index (χ4n) is 1.49. The third kappa shape index (κ3) is 1.03. The van der Waals surface area contributed by atoms with Crippen molar-refractivity contribution in [3.63, 3.8) is 0 Å². The Morgan fingerprint density at radius 1 is 1.50 bits per heavy atom. The SMILES string of the molecule is CC1CCC[C@H]1CO. The van der Waals surface area contributed by atoms with Gasteiger partial charge >= 0.3 is 0 Å². The molecule has 0 saturated heterocycles. The zero-order chi connectivity index (χ0) is 5.98. The summed E-state index contributed by atoms with van der Waals surface area (Å²) >= 11 is 0. The van der Waals surface area contributed by atoms with E-state index in [-0.39, 0.29) is 0 Å². The summed E-state index contributed by atoms with van der Waals surface area (Å²) in [6.45, 7) is 2.63. The normalized spacial score (nSPS) is 38.2. The van der Waals surface area contributed by atoms with E-state index >= 15 is 0 Å². The fraction of sp³-hybridized carbons (Fsp3) is 1.00. The molecule has 0 bridgehead atoms. The molecule has 1 N–H and O–H groups in total. The Labute approximate surface area is 50.7 Å². The molecule has 0 aromatic rings. The van der Waals surface area contributed by atoms with Crippen LogP contribution >= 0.6 is 0 Å². The van der Waals surface area contributed by atoms with Crippen LogP contribution in [-0.2, 0) is 0 Å². The molecule has 1 rings (SSSR count). The van der Waals surface area contributed by atoms with Crippen LogP contribution in [0.5, 0.6) is 0 Å². The Kier molecular flexibility index (Phi) is 1.90. The summed E-state index contributed by atoms with van der Waals surface area (Å²) in [6, 6.07) is 0. The second-order valence-electron chi connectivity index (χ2n) is 2.85. The monoisotopic (exact) mass is 114 g/mol. The van der Waals surface area contributed by atoms with Gasteiger partial charge in [0, 0.05) is 6.61 Å². The maximum Gasteiger partial charge on any atom is 0.0461 e. The molecule has 1 aliphatic carbocycles. The first kappa shape index (κ1) is 6.09. The summed E-state index contributed by atoms with van der Waals surface area (Å²) in [4.78, 5) is 0. The predicted octanol–water partition coefficient (Wildman–Crippen LogP) is 1.41. The minimum Gasteiger partial charge on any atom is -0.396 e. The van der Waals surface area contributed by atoms with Gasteiger partial charge in [-0.2, -0.15) is 0 Å². The minimum absolute atomic E-state index is 0.404. The largest absolute Gasteiger partial charge is 0.396 e. The summed E-state index contributed by atoms with van der Waals surface area (Å²) in [5.74, 6) is 1.40. The molecular weight excluding hydrogens is 100 g/mol. The van der Waals surface area contributed by atoms with Crippen LogP contribution in [0.25, 0.3) is 0 Å². The Morgan fingerprint density at radius 2 is 2.25 bits per heavy atom. The van der Waals surface area contributed by atoms with Crippen LogP contribution in [0.2, 0.25) is 0 Å². The Morgan fingerprint density at radius 3 is 2.50 bits per heavy atom. The van der Waals surface area contributed by atoms with Crippen LogP contribution in [0.4, 0.5) is 0 Å². The van der Waals surface area contributed by atoms with Gasteiger partial charge < -0.3 is 5.11 Å². The average molecular weight is 114 g/mol. The zero-order valence-electron chi connectivity index (χ0n) is 5.43. The van der Waals surface area contributed by atoms with Gasteiger partial charge in [0.2, 0.25) is 0 Å². The quantitative estimate of drug-likeness (QED) is 0.546. The Bertz CT molecular complexity index is 70.8. The zero-order valence-corrected chi connectivity index (χ0v) is 5.43. The van der Waals surface area contributed by atoms with Crippen molar-refractivity contribution in [1.82, 2.24) is 0 Å². The smallest absolute Gasteiger partial charge is 0.0461 e. The maximum atomic E-state index is 8.74. The fourth-order valence-corrected chi connectivity index (χ4v) is 1.49. The van der Waals surface area contributed by atoms with Crippen LogP contribution in [0.15, 0.2) is 0 Å².